The molecule has 312 valence electrons. The fourth-order valence-electron chi connectivity index (χ4n) is 6.60. The number of aliphatic carboxylic acids is 2. The summed E-state index contributed by atoms with van der Waals surface area (Å²) in [6, 6.07) is 7.55. The van der Waals surface area contributed by atoms with Crippen LogP contribution in [0, 0.1) is 0 Å². The zero-order valence-electron chi connectivity index (χ0n) is 31.6. The number of H-pyrrole nitrogens is 1. The summed E-state index contributed by atoms with van der Waals surface area (Å²) in [5.74, 6) is -7.17. The van der Waals surface area contributed by atoms with Crippen LogP contribution in [0.2, 0.25) is 0 Å². The lowest BCUT2D eigenvalue weighted by atomic mass is 10.0. The number of amides is 5. The Morgan fingerprint density at radius 2 is 1.47 bits per heavy atom. The number of aliphatic hydroxyl groups is 1. The fraction of sp³-hybridized carbons (Fsp3) is 0.421. The molecule has 0 saturated carbocycles. The largest absolute Gasteiger partial charge is 0.481 e. The summed E-state index contributed by atoms with van der Waals surface area (Å²) in [7, 11) is 0. The normalized spacial score (nSPS) is 16.2. The summed E-state index contributed by atoms with van der Waals surface area (Å²) in [5, 5.41) is 39.8. The van der Waals surface area contributed by atoms with Gasteiger partial charge in [-0.25, -0.2) is 4.79 Å². The second kappa shape index (κ2) is 21.1. The van der Waals surface area contributed by atoms with Crippen LogP contribution in [-0.2, 0) is 46.4 Å². The Labute approximate surface area is 333 Å². The maximum Gasteiger partial charge on any atom is 0.326 e. The Morgan fingerprint density at radius 3 is 2.12 bits per heavy atom. The van der Waals surface area contributed by atoms with Gasteiger partial charge in [0.25, 0.3) is 0 Å². The first-order valence-corrected chi connectivity index (χ1v) is 18.7. The summed E-state index contributed by atoms with van der Waals surface area (Å²) >= 11 is 0. The van der Waals surface area contributed by atoms with Crippen molar-refractivity contribution in [1.29, 1.82) is 0 Å². The number of aromatic amines is 1. The number of likely N-dealkylation sites (tertiary alicyclic amines) is 1. The van der Waals surface area contributed by atoms with Gasteiger partial charge in [0.15, 0.2) is 5.96 Å². The number of hydrogen-bond donors (Lipinski definition) is 11. The standard InChI is InChI=1S/C38H50N10O10/c39-24(20-49)32(52)45-28(17-22-19-43-25-11-5-4-10-23(22)25)34(54)47-29(18-31(50)51)36(56)48-15-7-13-30(48)35(55)46-27(16-21-8-2-1-3-9-21)33(53)44-26(37(57)58)12-6-14-42-38(40)41/h1-5,8-11,19,24,26-30,43,49H,6-7,12-18,20,39H2,(H,44,53)(H,45,52)(H,46,55)(H,47,54)(H,50,51)(H,57,58)(H4,40,41,42)/t24-,26-,27-,28-,29-,30-/m0/s1. The third kappa shape index (κ3) is 12.5. The average molecular weight is 807 g/mol. The molecule has 6 atom stereocenters. The summed E-state index contributed by atoms with van der Waals surface area (Å²) < 4.78 is 0. The van der Waals surface area contributed by atoms with Gasteiger partial charge in [-0.3, -0.25) is 33.8 Å². The molecule has 0 aliphatic carbocycles. The van der Waals surface area contributed by atoms with Crippen molar-refractivity contribution in [3.05, 3.63) is 71.9 Å². The third-order valence-corrected chi connectivity index (χ3v) is 9.57. The third-order valence-electron chi connectivity index (χ3n) is 9.57. The molecule has 0 bridgehead atoms. The zero-order valence-corrected chi connectivity index (χ0v) is 31.6. The molecule has 1 aliphatic heterocycles. The van der Waals surface area contributed by atoms with E-state index in [-0.39, 0.29) is 51.2 Å². The number of para-hydroxylation sites is 1. The molecule has 1 aromatic heterocycles. The van der Waals surface area contributed by atoms with E-state index in [4.69, 9.17) is 17.2 Å². The summed E-state index contributed by atoms with van der Waals surface area (Å²) in [5.41, 5.74) is 18.4. The lowest BCUT2D eigenvalue weighted by molar-refractivity contribution is -0.146. The Balaban J connectivity index is 1.53. The van der Waals surface area contributed by atoms with Crippen molar-refractivity contribution in [2.45, 2.75) is 81.2 Å². The first-order chi connectivity index (χ1) is 27.7. The number of rotatable bonds is 21. The highest BCUT2D eigenvalue weighted by molar-refractivity contribution is 5.98. The van der Waals surface area contributed by atoms with Crippen molar-refractivity contribution in [3.63, 3.8) is 0 Å². The van der Waals surface area contributed by atoms with Crippen LogP contribution in [0.3, 0.4) is 0 Å². The number of benzene rings is 2. The number of carbonyl (C=O) groups is 7. The predicted octanol–water partition coefficient (Wildman–Crippen LogP) is -2.18. The van der Waals surface area contributed by atoms with Crippen LogP contribution in [0.15, 0.2) is 65.8 Å². The molecule has 20 heteroatoms. The molecule has 0 unspecified atom stereocenters. The molecule has 4 rings (SSSR count). The highest BCUT2D eigenvalue weighted by Gasteiger charge is 2.40. The molecule has 3 aromatic rings. The van der Waals surface area contributed by atoms with Crippen molar-refractivity contribution < 1.29 is 48.9 Å². The van der Waals surface area contributed by atoms with E-state index in [1.165, 1.54) is 0 Å². The lowest BCUT2D eigenvalue weighted by Crippen LogP contribution is -2.60. The Bertz CT molecular complexity index is 1970. The smallest absolute Gasteiger partial charge is 0.326 e. The molecule has 20 nitrogen and oxygen atoms in total. The SMILES string of the molecule is NC(N)=NCCC[C@H](NC(=O)[C@H](Cc1ccccc1)NC(=O)[C@@H]1CCCN1C(=O)[C@H](CC(=O)O)NC(=O)[C@H](Cc1c[nH]c2ccccc12)NC(=O)[C@@H](N)CO)C(=O)O. The number of nitrogens with two attached hydrogens (primary N) is 3. The maximum absolute atomic E-state index is 14.1. The zero-order chi connectivity index (χ0) is 42.4. The van der Waals surface area contributed by atoms with Crippen LogP contribution >= 0.6 is 0 Å². The van der Waals surface area contributed by atoms with E-state index in [9.17, 15) is 48.9 Å². The first-order valence-electron chi connectivity index (χ1n) is 18.7. The number of carboxylic acid groups (broad SMARTS) is 2. The van der Waals surface area contributed by atoms with Crippen molar-refractivity contribution in [2.24, 2.45) is 22.2 Å². The number of aliphatic imine (C=N–C) groups is 1. The van der Waals surface area contributed by atoms with Crippen LogP contribution in [0.5, 0.6) is 0 Å². The number of carbonyl (C=O) groups excluding carboxylic acids is 5. The summed E-state index contributed by atoms with van der Waals surface area (Å²) in [4.78, 5) is 100. The van der Waals surface area contributed by atoms with Gasteiger partial charge in [-0.05, 0) is 42.9 Å². The molecule has 2 heterocycles. The second-order valence-corrected chi connectivity index (χ2v) is 13.9. The van der Waals surface area contributed by atoms with Gasteiger partial charge in [-0.1, -0.05) is 48.5 Å². The second-order valence-electron chi connectivity index (χ2n) is 13.9. The van der Waals surface area contributed by atoms with Crippen molar-refractivity contribution in [1.82, 2.24) is 31.2 Å². The number of aromatic nitrogens is 1. The van der Waals surface area contributed by atoms with Crippen LogP contribution in [-0.4, -0.2) is 129 Å². The number of hydrogen-bond acceptors (Lipinski definition) is 10. The molecule has 1 saturated heterocycles. The Kier molecular flexibility index (Phi) is 16.1. The Hall–Kier alpha value is -6.54. The van der Waals surface area contributed by atoms with E-state index >= 15 is 0 Å². The number of aliphatic hydroxyl groups excluding tert-OH is 1. The van der Waals surface area contributed by atoms with E-state index in [0.29, 0.717) is 17.5 Å². The summed E-state index contributed by atoms with van der Waals surface area (Å²) in [6.07, 6.45) is 1.27. The average Bonchev–Trinajstić information content (AvgIpc) is 3.85. The highest BCUT2D eigenvalue weighted by atomic mass is 16.4. The first kappa shape index (κ1) is 44.2. The van der Waals surface area contributed by atoms with E-state index in [0.717, 1.165) is 15.8 Å². The predicted molar refractivity (Wildman–Crippen MR) is 209 cm³/mol. The van der Waals surface area contributed by atoms with Gasteiger partial charge < -0.3 is 63.7 Å². The number of fused-ring (bicyclic) bond motifs is 1. The van der Waals surface area contributed by atoms with Gasteiger partial charge >= 0.3 is 11.9 Å². The van der Waals surface area contributed by atoms with Crippen molar-refractivity contribution in [2.75, 3.05) is 19.7 Å². The molecule has 14 N–H and O–H groups in total. The Morgan fingerprint density at radius 1 is 0.828 bits per heavy atom. The number of carboxylic acids is 2. The van der Waals surface area contributed by atoms with Gasteiger partial charge in [0.05, 0.1) is 13.0 Å². The molecule has 58 heavy (non-hydrogen) atoms. The maximum atomic E-state index is 14.1. The molecule has 1 fully saturated rings. The fourth-order valence-corrected chi connectivity index (χ4v) is 6.60. The molecule has 2 aromatic carbocycles. The van der Waals surface area contributed by atoms with Crippen molar-refractivity contribution >= 4 is 58.3 Å². The van der Waals surface area contributed by atoms with E-state index in [2.05, 4.69) is 31.2 Å². The van der Waals surface area contributed by atoms with Gasteiger partial charge in [0.2, 0.25) is 29.5 Å². The van der Waals surface area contributed by atoms with Crippen LogP contribution < -0.4 is 38.5 Å². The quantitative estimate of drug-likeness (QED) is 0.0310. The van der Waals surface area contributed by atoms with Crippen LogP contribution in [0.25, 0.3) is 10.9 Å². The van der Waals surface area contributed by atoms with Gasteiger partial charge in [-0.2, -0.15) is 0 Å². The summed E-state index contributed by atoms with van der Waals surface area (Å²) in [6.45, 7) is -0.588. The van der Waals surface area contributed by atoms with E-state index in [1.807, 2.05) is 0 Å². The molecular weight excluding hydrogens is 756 g/mol. The number of guanidine groups is 1. The lowest BCUT2D eigenvalue weighted by Gasteiger charge is -2.30. The number of nitrogens with zero attached hydrogens (tertiary/aromatic N) is 2. The molecule has 0 spiro atoms. The minimum atomic E-state index is -1.69. The topological polar surface area (TPSA) is 338 Å². The van der Waals surface area contributed by atoms with Gasteiger partial charge in [0.1, 0.15) is 36.3 Å². The van der Waals surface area contributed by atoms with Crippen LogP contribution in [0.4, 0.5) is 0 Å². The molecular formula is C38H50N10O10. The molecule has 1 aliphatic rings. The van der Waals surface area contributed by atoms with E-state index in [1.54, 1.807) is 60.8 Å². The van der Waals surface area contributed by atoms with E-state index < -0.39 is 90.8 Å². The van der Waals surface area contributed by atoms with Gasteiger partial charge in [-0.15, -0.1) is 0 Å². The van der Waals surface area contributed by atoms with Gasteiger partial charge in [0, 0.05) is 43.0 Å². The van der Waals surface area contributed by atoms with Crippen LogP contribution in [0.1, 0.15) is 43.2 Å². The monoisotopic (exact) mass is 806 g/mol. The molecule has 0 radical (unpaired) electrons. The minimum Gasteiger partial charge on any atom is -0.481 e. The minimum absolute atomic E-state index is 0.0101. The highest BCUT2D eigenvalue weighted by Crippen LogP contribution is 2.22. The van der Waals surface area contributed by atoms with Crippen molar-refractivity contribution in [3.8, 4) is 0 Å². The molecule has 5 amide bonds. The number of nitrogens with one attached hydrogen (secondary N) is 5.